The fourth-order valence-electron chi connectivity index (χ4n) is 1.47. The van der Waals surface area contributed by atoms with Gasteiger partial charge in [0.25, 0.3) is 0 Å². The Hall–Kier alpha value is -2.45. The molecule has 0 spiro atoms. The molecular weight excluding hydrogens is 302 g/mol. The van der Waals surface area contributed by atoms with Crippen molar-refractivity contribution in [3.63, 3.8) is 0 Å². The lowest BCUT2D eigenvalue weighted by atomic mass is 10.4. The van der Waals surface area contributed by atoms with Crippen LogP contribution in [0.3, 0.4) is 0 Å². The maximum atomic E-state index is 11.6. The smallest absolute Gasteiger partial charge is 0.414 e. The van der Waals surface area contributed by atoms with E-state index in [1.807, 2.05) is 13.8 Å². The van der Waals surface area contributed by atoms with Crippen LogP contribution in [-0.2, 0) is 9.47 Å². The highest BCUT2D eigenvalue weighted by atomic mass is 16.6. The summed E-state index contributed by atoms with van der Waals surface area (Å²) in [5.41, 5.74) is 0. The SMILES string of the molecule is CCCCOC(=O)Nc1nc(C)nc(NC(=O)OCCCC)n1. The van der Waals surface area contributed by atoms with Gasteiger partial charge in [0, 0.05) is 0 Å². The van der Waals surface area contributed by atoms with Gasteiger partial charge in [-0.1, -0.05) is 26.7 Å². The van der Waals surface area contributed by atoms with Crippen molar-refractivity contribution in [3.05, 3.63) is 5.82 Å². The third-order valence-electron chi connectivity index (χ3n) is 2.64. The second-order valence-corrected chi connectivity index (χ2v) is 4.76. The maximum Gasteiger partial charge on any atom is 0.414 e. The van der Waals surface area contributed by atoms with Crippen LogP contribution in [0.25, 0.3) is 0 Å². The Morgan fingerprint density at radius 2 is 1.30 bits per heavy atom. The molecule has 1 aromatic heterocycles. The maximum absolute atomic E-state index is 11.6. The van der Waals surface area contributed by atoms with Gasteiger partial charge in [-0.15, -0.1) is 0 Å². The zero-order valence-corrected chi connectivity index (χ0v) is 13.7. The van der Waals surface area contributed by atoms with Crippen molar-refractivity contribution in [1.82, 2.24) is 15.0 Å². The molecule has 0 aliphatic carbocycles. The van der Waals surface area contributed by atoms with Crippen LogP contribution in [0, 0.1) is 6.92 Å². The van der Waals surface area contributed by atoms with Crippen LogP contribution in [0.15, 0.2) is 0 Å². The second-order valence-electron chi connectivity index (χ2n) is 4.76. The van der Waals surface area contributed by atoms with E-state index in [2.05, 4.69) is 25.6 Å². The summed E-state index contributed by atoms with van der Waals surface area (Å²) >= 11 is 0. The number of carbonyl (C=O) groups excluding carboxylic acids is 2. The fraction of sp³-hybridized carbons (Fsp3) is 0.643. The first-order chi connectivity index (χ1) is 11.0. The van der Waals surface area contributed by atoms with Gasteiger partial charge < -0.3 is 9.47 Å². The van der Waals surface area contributed by atoms with Crippen molar-refractivity contribution in [3.8, 4) is 0 Å². The van der Waals surface area contributed by atoms with Crippen LogP contribution in [-0.4, -0.2) is 40.4 Å². The van der Waals surface area contributed by atoms with Gasteiger partial charge in [0.1, 0.15) is 5.82 Å². The van der Waals surface area contributed by atoms with Gasteiger partial charge in [0.05, 0.1) is 13.2 Å². The molecule has 2 N–H and O–H groups in total. The number of carbonyl (C=O) groups is 2. The third-order valence-corrected chi connectivity index (χ3v) is 2.64. The van der Waals surface area contributed by atoms with Gasteiger partial charge in [-0.25, -0.2) is 9.59 Å². The molecule has 128 valence electrons. The molecule has 0 fully saturated rings. The summed E-state index contributed by atoms with van der Waals surface area (Å²) in [5, 5.41) is 4.78. The lowest BCUT2D eigenvalue weighted by molar-refractivity contribution is 0.159. The zero-order valence-electron chi connectivity index (χ0n) is 13.7. The third kappa shape index (κ3) is 7.93. The largest absolute Gasteiger partial charge is 0.449 e. The Labute approximate surface area is 135 Å². The van der Waals surface area contributed by atoms with Gasteiger partial charge in [0.2, 0.25) is 11.9 Å². The molecule has 1 rings (SSSR count). The molecule has 0 aliphatic heterocycles. The summed E-state index contributed by atoms with van der Waals surface area (Å²) in [6.07, 6.45) is 2.10. The average Bonchev–Trinajstić information content (AvgIpc) is 2.47. The number of aryl methyl sites for hydroxylation is 1. The van der Waals surface area contributed by atoms with E-state index in [9.17, 15) is 9.59 Å². The van der Waals surface area contributed by atoms with Crippen LogP contribution in [0.1, 0.15) is 45.4 Å². The fourth-order valence-corrected chi connectivity index (χ4v) is 1.47. The number of unbranched alkanes of at least 4 members (excludes halogenated alkanes) is 2. The van der Waals surface area contributed by atoms with E-state index in [1.165, 1.54) is 0 Å². The van der Waals surface area contributed by atoms with Gasteiger partial charge in [-0.2, -0.15) is 15.0 Å². The van der Waals surface area contributed by atoms with E-state index >= 15 is 0 Å². The van der Waals surface area contributed by atoms with E-state index in [0.717, 1.165) is 25.7 Å². The standard InChI is InChI=1S/C14H23N5O4/c1-4-6-8-22-13(20)18-11-15-10(3)16-12(17-11)19-14(21)23-9-7-5-2/h4-9H2,1-3H3,(H2,15,16,17,18,19,20,21). The molecule has 0 saturated heterocycles. The van der Waals surface area contributed by atoms with Gasteiger partial charge in [-0.3, -0.25) is 10.6 Å². The molecule has 0 bridgehead atoms. The van der Waals surface area contributed by atoms with Crippen molar-refractivity contribution in [1.29, 1.82) is 0 Å². The monoisotopic (exact) mass is 325 g/mol. The topological polar surface area (TPSA) is 115 Å². The van der Waals surface area contributed by atoms with Crippen molar-refractivity contribution in [2.75, 3.05) is 23.8 Å². The van der Waals surface area contributed by atoms with Crippen molar-refractivity contribution in [2.24, 2.45) is 0 Å². The highest BCUT2D eigenvalue weighted by Crippen LogP contribution is 2.06. The minimum atomic E-state index is -0.652. The summed E-state index contributed by atoms with van der Waals surface area (Å²) in [6, 6.07) is 0. The summed E-state index contributed by atoms with van der Waals surface area (Å²) < 4.78 is 9.90. The van der Waals surface area contributed by atoms with Gasteiger partial charge in [-0.05, 0) is 19.8 Å². The van der Waals surface area contributed by atoms with E-state index in [0.29, 0.717) is 19.0 Å². The molecule has 0 aromatic carbocycles. The molecule has 0 aliphatic rings. The molecule has 23 heavy (non-hydrogen) atoms. The summed E-state index contributed by atoms with van der Waals surface area (Å²) in [7, 11) is 0. The number of nitrogens with one attached hydrogen (secondary N) is 2. The predicted octanol–water partition coefficient (Wildman–Crippen LogP) is 2.88. The molecule has 9 heteroatoms. The van der Waals surface area contributed by atoms with Crippen LogP contribution >= 0.6 is 0 Å². The normalized spacial score (nSPS) is 10.0. The van der Waals surface area contributed by atoms with Crippen molar-refractivity contribution >= 4 is 24.1 Å². The van der Waals surface area contributed by atoms with Gasteiger partial charge in [0.15, 0.2) is 0 Å². The summed E-state index contributed by atoms with van der Waals surface area (Å²) in [6.45, 7) is 6.24. The molecule has 9 nitrogen and oxygen atoms in total. The first-order valence-corrected chi connectivity index (χ1v) is 7.65. The molecule has 0 unspecified atom stereocenters. The lowest BCUT2D eigenvalue weighted by Crippen LogP contribution is -2.20. The van der Waals surface area contributed by atoms with E-state index in [1.54, 1.807) is 6.92 Å². The number of anilines is 2. The number of nitrogens with zero attached hydrogens (tertiary/aromatic N) is 3. The van der Waals surface area contributed by atoms with Gasteiger partial charge >= 0.3 is 12.2 Å². The van der Waals surface area contributed by atoms with Crippen molar-refractivity contribution < 1.29 is 19.1 Å². The van der Waals surface area contributed by atoms with E-state index in [-0.39, 0.29) is 11.9 Å². The van der Waals surface area contributed by atoms with Crippen LogP contribution in [0.4, 0.5) is 21.5 Å². The van der Waals surface area contributed by atoms with Crippen molar-refractivity contribution in [2.45, 2.75) is 46.5 Å². The first-order valence-electron chi connectivity index (χ1n) is 7.65. The number of hydrogen-bond acceptors (Lipinski definition) is 7. The number of ether oxygens (including phenoxy) is 2. The molecule has 1 heterocycles. The lowest BCUT2D eigenvalue weighted by Gasteiger charge is -2.08. The van der Waals surface area contributed by atoms with Crippen LogP contribution < -0.4 is 10.6 Å². The minimum absolute atomic E-state index is 0.00265. The number of rotatable bonds is 8. The Balaban J connectivity index is 2.57. The predicted molar refractivity (Wildman–Crippen MR) is 84.3 cm³/mol. The quantitative estimate of drug-likeness (QED) is 0.706. The first kappa shape index (κ1) is 18.6. The Morgan fingerprint density at radius 1 is 0.870 bits per heavy atom. The number of aromatic nitrogens is 3. The summed E-state index contributed by atoms with van der Waals surface area (Å²) in [5.74, 6) is 0.346. The van der Waals surface area contributed by atoms with Crippen LogP contribution in [0.5, 0.6) is 0 Å². The average molecular weight is 325 g/mol. The summed E-state index contributed by atoms with van der Waals surface area (Å²) in [4.78, 5) is 35.0. The number of hydrogen-bond donors (Lipinski definition) is 2. The molecule has 0 saturated carbocycles. The van der Waals surface area contributed by atoms with Crippen LogP contribution in [0.2, 0.25) is 0 Å². The zero-order chi connectivity index (χ0) is 17.1. The molecule has 0 radical (unpaired) electrons. The highest BCUT2D eigenvalue weighted by molar-refractivity contribution is 5.84. The molecule has 0 atom stereocenters. The Kier molecular flexibility index (Phi) is 8.33. The highest BCUT2D eigenvalue weighted by Gasteiger charge is 2.11. The minimum Gasteiger partial charge on any atom is -0.449 e. The molecular formula is C14H23N5O4. The molecule has 1 aromatic rings. The Bertz CT molecular complexity index is 482. The number of amides is 2. The Morgan fingerprint density at radius 3 is 1.70 bits per heavy atom. The molecule has 2 amide bonds. The van der Waals surface area contributed by atoms with E-state index < -0.39 is 12.2 Å². The van der Waals surface area contributed by atoms with E-state index in [4.69, 9.17) is 9.47 Å². The second kappa shape index (κ2) is 10.3.